The Bertz CT molecular complexity index is 647. The van der Waals surface area contributed by atoms with E-state index in [1.807, 2.05) is 60.5 Å². The predicted octanol–water partition coefficient (Wildman–Crippen LogP) is 2.74. The van der Waals surface area contributed by atoms with Crippen LogP contribution in [0.15, 0.2) is 48.5 Å². The van der Waals surface area contributed by atoms with Crippen molar-refractivity contribution in [1.29, 1.82) is 0 Å². The summed E-state index contributed by atoms with van der Waals surface area (Å²) in [5.74, 6) is 3.28. The van der Waals surface area contributed by atoms with Gasteiger partial charge in [0, 0.05) is 37.1 Å². The maximum atomic E-state index is 8.97. The number of hydrogen-bond acceptors (Lipinski definition) is 4. The van der Waals surface area contributed by atoms with Crippen LogP contribution in [0.2, 0.25) is 0 Å². The van der Waals surface area contributed by atoms with E-state index in [2.05, 4.69) is 11.2 Å². The van der Waals surface area contributed by atoms with E-state index < -0.39 is 0 Å². The van der Waals surface area contributed by atoms with E-state index >= 15 is 0 Å². The van der Waals surface area contributed by atoms with E-state index in [9.17, 15) is 0 Å². The van der Waals surface area contributed by atoms with Gasteiger partial charge in [-0.2, -0.15) is 0 Å². The van der Waals surface area contributed by atoms with Gasteiger partial charge in [0.05, 0.1) is 6.61 Å². The second-order valence-corrected chi connectivity index (χ2v) is 5.15. The Balaban J connectivity index is 1.97. The molecule has 0 atom stereocenters. The number of nitrogens with one attached hydrogen (secondary N) is 1. The molecular formula is C19H22N2O2. The van der Waals surface area contributed by atoms with E-state index in [0.29, 0.717) is 13.1 Å². The summed E-state index contributed by atoms with van der Waals surface area (Å²) in [5.41, 5.74) is 3.16. The van der Waals surface area contributed by atoms with Gasteiger partial charge in [-0.05, 0) is 30.3 Å². The lowest BCUT2D eigenvalue weighted by molar-refractivity contribution is 0.304. The molecule has 0 aliphatic heterocycles. The molecule has 0 spiro atoms. The van der Waals surface area contributed by atoms with Gasteiger partial charge in [0.2, 0.25) is 0 Å². The molecule has 4 nitrogen and oxygen atoms in total. The fourth-order valence-corrected chi connectivity index (χ4v) is 2.22. The van der Waals surface area contributed by atoms with Crippen LogP contribution in [0, 0.1) is 12.3 Å². The Morgan fingerprint density at radius 2 is 1.91 bits per heavy atom. The first-order valence-corrected chi connectivity index (χ1v) is 7.54. The monoisotopic (exact) mass is 310 g/mol. The van der Waals surface area contributed by atoms with Crippen molar-refractivity contribution in [3.63, 3.8) is 0 Å². The van der Waals surface area contributed by atoms with Crippen LogP contribution >= 0.6 is 0 Å². The van der Waals surface area contributed by atoms with Crippen molar-refractivity contribution >= 4 is 11.4 Å². The maximum absolute atomic E-state index is 8.97. The van der Waals surface area contributed by atoms with Crippen molar-refractivity contribution in [3.8, 4) is 18.1 Å². The Kier molecular flexibility index (Phi) is 6.34. The van der Waals surface area contributed by atoms with Gasteiger partial charge in [0.1, 0.15) is 12.4 Å². The van der Waals surface area contributed by atoms with E-state index in [1.165, 1.54) is 0 Å². The largest absolute Gasteiger partial charge is 0.481 e. The number of benzene rings is 2. The number of anilines is 2. The first kappa shape index (κ1) is 16.7. The zero-order valence-corrected chi connectivity index (χ0v) is 13.3. The molecule has 0 aliphatic rings. The first-order chi connectivity index (χ1) is 11.2. The van der Waals surface area contributed by atoms with Crippen LogP contribution in [0.25, 0.3) is 0 Å². The first-order valence-electron chi connectivity index (χ1n) is 7.54. The highest BCUT2D eigenvalue weighted by Crippen LogP contribution is 2.21. The van der Waals surface area contributed by atoms with Crippen LogP contribution in [0.1, 0.15) is 5.56 Å². The molecule has 0 bridgehead atoms. The number of hydrogen-bond donors (Lipinski definition) is 2. The van der Waals surface area contributed by atoms with Crippen LogP contribution in [0.4, 0.5) is 11.4 Å². The lowest BCUT2D eigenvalue weighted by Gasteiger charge is -2.18. The second kappa shape index (κ2) is 8.72. The van der Waals surface area contributed by atoms with Gasteiger partial charge in [0.25, 0.3) is 0 Å². The molecule has 0 aliphatic carbocycles. The Hall–Kier alpha value is -2.64. The summed E-state index contributed by atoms with van der Waals surface area (Å²) in [4.78, 5) is 2.01. The van der Waals surface area contributed by atoms with Gasteiger partial charge in [-0.1, -0.05) is 24.1 Å². The van der Waals surface area contributed by atoms with E-state index in [-0.39, 0.29) is 13.2 Å². The Morgan fingerprint density at radius 1 is 1.17 bits per heavy atom. The maximum Gasteiger partial charge on any atom is 0.148 e. The van der Waals surface area contributed by atoms with Crippen LogP contribution in [0.5, 0.6) is 5.75 Å². The topological polar surface area (TPSA) is 44.7 Å². The molecule has 0 amide bonds. The number of rotatable bonds is 8. The van der Waals surface area contributed by atoms with Crippen molar-refractivity contribution in [1.82, 2.24) is 0 Å². The normalized spacial score (nSPS) is 9.96. The minimum Gasteiger partial charge on any atom is -0.481 e. The molecule has 0 aromatic heterocycles. The minimum atomic E-state index is 0.144. The van der Waals surface area contributed by atoms with Gasteiger partial charge in [-0.15, -0.1) is 6.42 Å². The lowest BCUT2D eigenvalue weighted by Crippen LogP contribution is -2.20. The molecule has 0 fully saturated rings. The summed E-state index contributed by atoms with van der Waals surface area (Å²) in [7, 11) is 1.96. The number of ether oxygens (including phenoxy) is 1. The third-order valence-electron chi connectivity index (χ3n) is 3.51. The molecular weight excluding hydrogens is 288 g/mol. The summed E-state index contributed by atoms with van der Waals surface area (Å²) in [5, 5.41) is 12.3. The second-order valence-electron chi connectivity index (χ2n) is 5.15. The van der Waals surface area contributed by atoms with Crippen LogP contribution < -0.4 is 15.0 Å². The smallest absolute Gasteiger partial charge is 0.148 e. The number of terminal acetylenes is 1. The van der Waals surface area contributed by atoms with Crippen molar-refractivity contribution < 1.29 is 9.84 Å². The molecule has 2 rings (SSSR count). The summed E-state index contributed by atoms with van der Waals surface area (Å²) >= 11 is 0. The molecule has 2 N–H and O–H groups in total. The quantitative estimate of drug-likeness (QED) is 0.736. The van der Waals surface area contributed by atoms with Crippen molar-refractivity contribution in [2.75, 3.05) is 37.0 Å². The Morgan fingerprint density at radius 3 is 2.61 bits per heavy atom. The number of aliphatic hydroxyl groups excluding tert-OH is 1. The summed E-state index contributed by atoms with van der Waals surface area (Å²) in [6.45, 7) is 1.69. The standard InChI is InChI=1S/C19H22N2O2/c1-3-14-23-19-7-5-4-6-16(19)15-20-17-8-10-18(11-9-17)21(2)12-13-22/h1,4-11,20,22H,12-15H2,2H3. The lowest BCUT2D eigenvalue weighted by atomic mass is 10.2. The summed E-state index contributed by atoms with van der Waals surface area (Å²) < 4.78 is 5.55. The highest BCUT2D eigenvalue weighted by atomic mass is 16.5. The predicted molar refractivity (Wildman–Crippen MR) is 94.9 cm³/mol. The molecule has 120 valence electrons. The number of likely N-dealkylation sites (N-methyl/N-ethyl adjacent to an activating group) is 1. The highest BCUT2D eigenvalue weighted by molar-refractivity contribution is 5.55. The molecule has 0 saturated carbocycles. The van der Waals surface area contributed by atoms with Gasteiger partial charge in [-0.25, -0.2) is 0 Å². The minimum absolute atomic E-state index is 0.144. The molecule has 2 aromatic rings. The van der Waals surface area contributed by atoms with Crippen LogP contribution in [-0.2, 0) is 6.54 Å². The number of aliphatic hydroxyl groups is 1. The molecule has 0 radical (unpaired) electrons. The molecule has 0 saturated heterocycles. The molecule has 23 heavy (non-hydrogen) atoms. The SMILES string of the molecule is C#CCOc1ccccc1CNc1ccc(N(C)CCO)cc1. The van der Waals surface area contributed by atoms with E-state index in [4.69, 9.17) is 16.3 Å². The van der Waals surface area contributed by atoms with Crippen molar-refractivity contribution in [3.05, 3.63) is 54.1 Å². The molecule has 0 unspecified atom stereocenters. The van der Waals surface area contributed by atoms with Crippen LogP contribution in [0.3, 0.4) is 0 Å². The van der Waals surface area contributed by atoms with E-state index in [1.54, 1.807) is 0 Å². The number of nitrogens with zero attached hydrogens (tertiary/aromatic N) is 1. The summed E-state index contributed by atoms with van der Waals surface area (Å²) in [6.07, 6.45) is 5.24. The van der Waals surface area contributed by atoms with Crippen molar-refractivity contribution in [2.24, 2.45) is 0 Å². The zero-order chi connectivity index (χ0) is 16.5. The van der Waals surface area contributed by atoms with Crippen LogP contribution in [-0.4, -0.2) is 31.9 Å². The molecule has 2 aromatic carbocycles. The Labute approximate surface area is 137 Å². The number of para-hydroxylation sites is 1. The van der Waals surface area contributed by atoms with Gasteiger partial charge < -0.3 is 20.1 Å². The fourth-order valence-electron chi connectivity index (χ4n) is 2.22. The van der Waals surface area contributed by atoms with Gasteiger partial charge in [-0.3, -0.25) is 0 Å². The van der Waals surface area contributed by atoms with Gasteiger partial charge in [0.15, 0.2) is 0 Å². The zero-order valence-electron chi connectivity index (χ0n) is 13.3. The highest BCUT2D eigenvalue weighted by Gasteiger charge is 2.03. The molecule has 4 heteroatoms. The molecule has 0 heterocycles. The fraction of sp³-hybridized carbons (Fsp3) is 0.263. The average molecular weight is 310 g/mol. The van der Waals surface area contributed by atoms with Crippen molar-refractivity contribution in [2.45, 2.75) is 6.54 Å². The van der Waals surface area contributed by atoms with E-state index in [0.717, 1.165) is 22.7 Å². The third-order valence-corrected chi connectivity index (χ3v) is 3.51. The third kappa shape index (κ3) is 4.94. The summed E-state index contributed by atoms with van der Waals surface area (Å²) in [6, 6.07) is 15.9. The van der Waals surface area contributed by atoms with Gasteiger partial charge >= 0.3 is 0 Å². The average Bonchev–Trinajstić information content (AvgIpc) is 2.59.